The fraction of sp³-hybridized carbons (Fsp3) is 0.500. The van der Waals surface area contributed by atoms with E-state index in [1.807, 2.05) is 18.2 Å². The van der Waals surface area contributed by atoms with Crippen LogP contribution in [0, 0.1) is 11.8 Å². The molecule has 4 nitrogen and oxygen atoms in total. The molecule has 2 saturated carbocycles. The zero-order chi connectivity index (χ0) is 12.1. The second kappa shape index (κ2) is 3.64. The van der Waals surface area contributed by atoms with Crippen LogP contribution >= 0.6 is 0 Å². The number of nitrogens with zero attached hydrogens (tertiary/aromatic N) is 1. The minimum absolute atomic E-state index is 0.613. The molecule has 3 unspecified atom stereocenters. The summed E-state index contributed by atoms with van der Waals surface area (Å²) in [6.07, 6.45) is 5.53. The number of aromatic nitrogens is 2. The normalized spacial score (nSPS) is 30.1. The van der Waals surface area contributed by atoms with E-state index in [9.17, 15) is 0 Å². The summed E-state index contributed by atoms with van der Waals surface area (Å²) < 4.78 is 0. The van der Waals surface area contributed by atoms with E-state index in [2.05, 4.69) is 15.3 Å². The van der Waals surface area contributed by atoms with Crippen LogP contribution in [0.2, 0.25) is 0 Å². The third-order valence-electron chi connectivity index (χ3n) is 4.57. The highest BCUT2D eigenvalue weighted by Gasteiger charge is 2.39. The van der Waals surface area contributed by atoms with Crippen molar-refractivity contribution in [2.45, 2.75) is 31.7 Å². The molecule has 1 aromatic heterocycles. The monoisotopic (exact) mass is 242 g/mol. The summed E-state index contributed by atoms with van der Waals surface area (Å²) in [6.45, 7) is 0. The Kier molecular flexibility index (Phi) is 2.07. The van der Waals surface area contributed by atoms with Gasteiger partial charge in [-0.3, -0.25) is 0 Å². The standard InChI is InChI=1S/C14H18N4/c15-10-3-4-11-13(7-10)18-14(16-11)17-12-6-8-1-2-9(12)5-8/h3-4,7-9,12H,1-2,5-6,15H2,(H2,16,17,18). The molecule has 2 bridgehead atoms. The highest BCUT2D eigenvalue weighted by atomic mass is 15.1. The van der Waals surface area contributed by atoms with Crippen LogP contribution in [0.15, 0.2) is 18.2 Å². The highest BCUT2D eigenvalue weighted by Crippen LogP contribution is 2.45. The maximum Gasteiger partial charge on any atom is 0.201 e. The van der Waals surface area contributed by atoms with Crippen LogP contribution in [0.1, 0.15) is 25.7 Å². The Morgan fingerprint density at radius 3 is 3.00 bits per heavy atom. The van der Waals surface area contributed by atoms with Gasteiger partial charge in [0.15, 0.2) is 0 Å². The molecule has 2 fully saturated rings. The summed E-state index contributed by atoms with van der Waals surface area (Å²) in [6, 6.07) is 6.41. The second-order valence-electron chi connectivity index (χ2n) is 5.79. The molecule has 0 spiro atoms. The van der Waals surface area contributed by atoms with Crippen molar-refractivity contribution < 1.29 is 0 Å². The summed E-state index contributed by atoms with van der Waals surface area (Å²) in [5, 5.41) is 3.57. The molecule has 1 aromatic carbocycles. The molecule has 2 aliphatic rings. The molecule has 0 saturated heterocycles. The molecule has 2 aliphatic carbocycles. The Hall–Kier alpha value is -1.71. The lowest BCUT2D eigenvalue weighted by Crippen LogP contribution is -2.26. The average Bonchev–Trinajstić information content (AvgIpc) is 3.02. The van der Waals surface area contributed by atoms with Gasteiger partial charge in [-0.1, -0.05) is 6.42 Å². The molecule has 1 heterocycles. The van der Waals surface area contributed by atoms with Gasteiger partial charge >= 0.3 is 0 Å². The van der Waals surface area contributed by atoms with E-state index >= 15 is 0 Å². The molecule has 4 rings (SSSR count). The maximum absolute atomic E-state index is 5.78. The maximum atomic E-state index is 5.78. The first-order valence-electron chi connectivity index (χ1n) is 6.80. The number of nitrogens with two attached hydrogens (primary N) is 1. The van der Waals surface area contributed by atoms with Gasteiger partial charge in [0, 0.05) is 11.7 Å². The van der Waals surface area contributed by atoms with Gasteiger partial charge in [-0.2, -0.15) is 0 Å². The fourth-order valence-electron chi connectivity index (χ4n) is 3.69. The number of nitrogens with one attached hydrogen (secondary N) is 2. The largest absolute Gasteiger partial charge is 0.399 e. The smallest absolute Gasteiger partial charge is 0.201 e. The first-order chi connectivity index (χ1) is 8.78. The van der Waals surface area contributed by atoms with E-state index in [1.54, 1.807) is 0 Å². The molecule has 94 valence electrons. The van der Waals surface area contributed by atoms with Crippen molar-refractivity contribution in [1.29, 1.82) is 0 Å². The molecule has 0 radical (unpaired) electrons. The Labute approximate surface area is 106 Å². The van der Waals surface area contributed by atoms with Crippen LogP contribution in [0.25, 0.3) is 11.0 Å². The minimum atomic E-state index is 0.613. The summed E-state index contributed by atoms with van der Waals surface area (Å²) in [7, 11) is 0. The summed E-state index contributed by atoms with van der Waals surface area (Å²) in [4.78, 5) is 7.90. The van der Waals surface area contributed by atoms with E-state index in [4.69, 9.17) is 5.73 Å². The minimum Gasteiger partial charge on any atom is -0.399 e. The lowest BCUT2D eigenvalue weighted by Gasteiger charge is -2.22. The van der Waals surface area contributed by atoms with Gasteiger partial charge < -0.3 is 16.0 Å². The van der Waals surface area contributed by atoms with Gasteiger partial charge in [0.25, 0.3) is 0 Å². The molecular weight excluding hydrogens is 224 g/mol. The zero-order valence-corrected chi connectivity index (χ0v) is 10.3. The van der Waals surface area contributed by atoms with Crippen molar-refractivity contribution in [2.75, 3.05) is 11.1 Å². The summed E-state index contributed by atoms with van der Waals surface area (Å²) in [5.74, 6) is 2.70. The average molecular weight is 242 g/mol. The first-order valence-corrected chi connectivity index (χ1v) is 6.80. The third-order valence-corrected chi connectivity index (χ3v) is 4.57. The van der Waals surface area contributed by atoms with Crippen LogP contribution < -0.4 is 11.1 Å². The number of hydrogen-bond acceptors (Lipinski definition) is 3. The summed E-state index contributed by atoms with van der Waals surface area (Å²) in [5.41, 5.74) is 8.55. The predicted molar refractivity (Wildman–Crippen MR) is 73.4 cm³/mol. The molecule has 0 amide bonds. The lowest BCUT2D eigenvalue weighted by molar-refractivity contribution is 0.438. The van der Waals surface area contributed by atoms with Gasteiger partial charge in [0.05, 0.1) is 11.0 Å². The van der Waals surface area contributed by atoms with Gasteiger partial charge in [-0.25, -0.2) is 4.98 Å². The SMILES string of the molecule is Nc1ccc2nc(NC3CC4CCC3C4)[nH]c2c1. The van der Waals surface area contributed by atoms with Crippen molar-refractivity contribution in [3.63, 3.8) is 0 Å². The first kappa shape index (κ1) is 10.2. The zero-order valence-electron chi connectivity index (χ0n) is 10.3. The van der Waals surface area contributed by atoms with E-state index in [-0.39, 0.29) is 0 Å². The number of hydrogen-bond donors (Lipinski definition) is 3. The number of anilines is 2. The van der Waals surface area contributed by atoms with Crippen molar-refractivity contribution in [3.05, 3.63) is 18.2 Å². The molecule has 4 heteroatoms. The fourth-order valence-corrected chi connectivity index (χ4v) is 3.69. The van der Waals surface area contributed by atoms with Crippen molar-refractivity contribution >= 4 is 22.7 Å². The van der Waals surface area contributed by atoms with Crippen molar-refractivity contribution in [1.82, 2.24) is 9.97 Å². The van der Waals surface area contributed by atoms with E-state index in [0.29, 0.717) is 6.04 Å². The molecule has 3 atom stereocenters. The second-order valence-corrected chi connectivity index (χ2v) is 5.79. The number of nitrogen functional groups attached to an aromatic ring is 1. The van der Waals surface area contributed by atoms with E-state index < -0.39 is 0 Å². The number of rotatable bonds is 2. The molecular formula is C14H18N4. The number of H-pyrrole nitrogens is 1. The van der Waals surface area contributed by atoms with Crippen LogP contribution in [0.5, 0.6) is 0 Å². The Balaban J connectivity index is 1.59. The predicted octanol–water partition coefficient (Wildman–Crippen LogP) is 2.75. The van der Waals surface area contributed by atoms with Crippen LogP contribution in [-0.4, -0.2) is 16.0 Å². The summed E-state index contributed by atoms with van der Waals surface area (Å²) >= 11 is 0. The molecule has 4 N–H and O–H groups in total. The Morgan fingerprint density at radius 1 is 1.28 bits per heavy atom. The quantitative estimate of drug-likeness (QED) is 0.709. The Bertz CT molecular complexity index is 588. The lowest BCUT2D eigenvalue weighted by atomic mass is 9.95. The number of imidazole rings is 1. The highest BCUT2D eigenvalue weighted by molar-refractivity contribution is 5.80. The molecule has 0 aliphatic heterocycles. The van der Waals surface area contributed by atoms with Crippen molar-refractivity contribution in [3.8, 4) is 0 Å². The Morgan fingerprint density at radius 2 is 2.22 bits per heavy atom. The molecule has 18 heavy (non-hydrogen) atoms. The van der Waals surface area contributed by atoms with Gasteiger partial charge in [-0.05, 0) is 49.3 Å². The van der Waals surface area contributed by atoms with Gasteiger partial charge in [0.1, 0.15) is 0 Å². The number of benzene rings is 1. The van der Waals surface area contributed by atoms with Gasteiger partial charge in [-0.15, -0.1) is 0 Å². The number of fused-ring (bicyclic) bond motifs is 3. The van der Waals surface area contributed by atoms with Gasteiger partial charge in [0.2, 0.25) is 5.95 Å². The third kappa shape index (κ3) is 1.55. The molecule has 2 aromatic rings. The van der Waals surface area contributed by atoms with Crippen LogP contribution in [0.4, 0.5) is 11.6 Å². The van der Waals surface area contributed by atoms with Crippen molar-refractivity contribution in [2.24, 2.45) is 11.8 Å². The van der Waals surface area contributed by atoms with E-state index in [1.165, 1.54) is 25.7 Å². The van der Waals surface area contributed by atoms with Crippen LogP contribution in [-0.2, 0) is 0 Å². The number of aromatic amines is 1. The van der Waals surface area contributed by atoms with E-state index in [0.717, 1.165) is 34.5 Å². The van der Waals surface area contributed by atoms with Crippen LogP contribution in [0.3, 0.4) is 0 Å². The topological polar surface area (TPSA) is 66.7 Å².